The Bertz CT molecular complexity index is 435. The molecule has 0 fully saturated rings. The van der Waals surface area contributed by atoms with Crippen molar-refractivity contribution in [3.8, 4) is 6.07 Å². The number of rotatable bonds is 2. The lowest BCUT2D eigenvalue weighted by Crippen LogP contribution is -1.92. The molecule has 5 heteroatoms. The number of halogens is 1. The summed E-state index contributed by atoms with van der Waals surface area (Å²) in [7, 11) is 0. The Morgan fingerprint density at radius 3 is 2.79 bits per heavy atom. The van der Waals surface area contributed by atoms with Crippen LogP contribution in [-0.2, 0) is 0 Å². The lowest BCUT2D eigenvalue weighted by atomic mass is 10.1. The molecule has 0 aliphatic rings. The maximum Gasteiger partial charge on any atom is 0.278 e. The number of nitro benzene ring substituents is 1. The molecule has 0 amide bonds. The average Bonchev–Trinajstić information content (AvgIpc) is 2.18. The molecule has 0 unspecified atom stereocenters. The Balaban J connectivity index is 3.28. The van der Waals surface area contributed by atoms with E-state index in [9.17, 15) is 10.1 Å². The zero-order chi connectivity index (χ0) is 10.6. The van der Waals surface area contributed by atoms with E-state index >= 15 is 0 Å². The standard InChI is InChI=1S/C9H5ClN2O2/c10-8(5-6-11)7-3-1-2-4-9(7)12(13)14/h1-5H. The van der Waals surface area contributed by atoms with Crippen molar-refractivity contribution in [3.63, 3.8) is 0 Å². The summed E-state index contributed by atoms with van der Waals surface area (Å²) in [5.74, 6) is 0. The van der Waals surface area contributed by atoms with Crippen LogP contribution in [0.2, 0.25) is 0 Å². The molecule has 0 saturated carbocycles. The molecular weight excluding hydrogens is 204 g/mol. The quantitative estimate of drug-likeness (QED) is 0.426. The predicted octanol–water partition coefficient (Wildman–Crippen LogP) is 2.70. The molecule has 0 spiro atoms. The average molecular weight is 209 g/mol. The Kier molecular flexibility index (Phi) is 3.21. The molecular formula is C9H5ClN2O2. The summed E-state index contributed by atoms with van der Waals surface area (Å²) in [6.07, 6.45) is 1.06. The largest absolute Gasteiger partial charge is 0.278 e. The van der Waals surface area contributed by atoms with Crippen molar-refractivity contribution in [3.05, 3.63) is 46.0 Å². The van der Waals surface area contributed by atoms with E-state index in [-0.39, 0.29) is 16.3 Å². The number of nitrogens with zero attached hydrogens (tertiary/aromatic N) is 2. The Labute approximate surface area is 85.2 Å². The van der Waals surface area contributed by atoms with Gasteiger partial charge in [-0.1, -0.05) is 23.7 Å². The monoisotopic (exact) mass is 208 g/mol. The highest BCUT2D eigenvalue weighted by Gasteiger charge is 2.14. The molecule has 1 aromatic carbocycles. The second-order valence-corrected chi connectivity index (χ2v) is 2.80. The fourth-order valence-corrected chi connectivity index (χ4v) is 1.18. The Hall–Kier alpha value is -1.86. The van der Waals surface area contributed by atoms with E-state index in [1.165, 1.54) is 18.2 Å². The first-order valence-corrected chi connectivity index (χ1v) is 4.03. The molecule has 1 aromatic rings. The maximum atomic E-state index is 10.6. The lowest BCUT2D eigenvalue weighted by Gasteiger charge is -1.98. The van der Waals surface area contributed by atoms with Gasteiger partial charge in [0.25, 0.3) is 5.69 Å². The minimum absolute atomic E-state index is 0.0693. The minimum Gasteiger partial charge on any atom is -0.258 e. The second-order valence-electron chi connectivity index (χ2n) is 2.40. The zero-order valence-corrected chi connectivity index (χ0v) is 7.73. The fourth-order valence-electron chi connectivity index (χ4n) is 0.969. The molecule has 0 radical (unpaired) electrons. The summed E-state index contributed by atoms with van der Waals surface area (Å²) in [5, 5.41) is 19.0. The molecule has 70 valence electrons. The van der Waals surface area contributed by atoms with E-state index in [1.807, 2.05) is 0 Å². The van der Waals surface area contributed by atoms with Gasteiger partial charge in [0.1, 0.15) is 0 Å². The number of hydrogen-bond donors (Lipinski definition) is 0. The molecule has 0 saturated heterocycles. The number of para-hydroxylation sites is 1. The topological polar surface area (TPSA) is 66.9 Å². The van der Waals surface area contributed by atoms with Crippen molar-refractivity contribution >= 4 is 22.3 Å². The number of nitriles is 1. The van der Waals surface area contributed by atoms with Gasteiger partial charge in [-0.15, -0.1) is 0 Å². The van der Waals surface area contributed by atoms with E-state index in [4.69, 9.17) is 16.9 Å². The number of nitro groups is 1. The first-order chi connectivity index (χ1) is 6.66. The Morgan fingerprint density at radius 2 is 2.21 bits per heavy atom. The summed E-state index contributed by atoms with van der Waals surface area (Å²) in [5.41, 5.74) is 0.143. The van der Waals surface area contributed by atoms with Gasteiger partial charge in [0.05, 0.1) is 21.6 Å². The van der Waals surface area contributed by atoms with E-state index in [0.29, 0.717) is 0 Å². The third-order valence-electron chi connectivity index (χ3n) is 1.55. The van der Waals surface area contributed by atoms with Gasteiger partial charge < -0.3 is 0 Å². The maximum absolute atomic E-state index is 10.6. The van der Waals surface area contributed by atoms with E-state index in [2.05, 4.69) is 0 Å². The summed E-state index contributed by atoms with van der Waals surface area (Å²) in [6, 6.07) is 7.71. The van der Waals surface area contributed by atoms with E-state index in [1.54, 1.807) is 12.1 Å². The summed E-state index contributed by atoms with van der Waals surface area (Å²) in [4.78, 5) is 10.0. The highest BCUT2D eigenvalue weighted by Crippen LogP contribution is 2.27. The van der Waals surface area contributed by atoms with Crippen molar-refractivity contribution in [1.82, 2.24) is 0 Å². The van der Waals surface area contributed by atoms with Crippen LogP contribution in [0.25, 0.3) is 5.03 Å². The molecule has 0 bridgehead atoms. The number of benzene rings is 1. The number of hydrogen-bond acceptors (Lipinski definition) is 3. The first kappa shape index (κ1) is 10.2. The van der Waals surface area contributed by atoms with Gasteiger partial charge in [-0.05, 0) is 6.07 Å². The normalized spacial score (nSPS) is 10.7. The van der Waals surface area contributed by atoms with Crippen LogP contribution in [0.1, 0.15) is 5.56 Å². The van der Waals surface area contributed by atoms with Gasteiger partial charge >= 0.3 is 0 Å². The van der Waals surface area contributed by atoms with Crippen LogP contribution in [0.3, 0.4) is 0 Å². The first-order valence-electron chi connectivity index (χ1n) is 3.66. The van der Waals surface area contributed by atoms with Gasteiger partial charge in [-0.2, -0.15) is 5.26 Å². The lowest BCUT2D eigenvalue weighted by molar-refractivity contribution is -0.385. The zero-order valence-electron chi connectivity index (χ0n) is 6.98. The molecule has 0 atom stereocenters. The molecule has 1 rings (SSSR count). The summed E-state index contributed by atoms with van der Waals surface area (Å²) < 4.78 is 0. The predicted molar refractivity (Wildman–Crippen MR) is 52.5 cm³/mol. The Morgan fingerprint density at radius 1 is 1.57 bits per heavy atom. The van der Waals surface area contributed by atoms with Crippen LogP contribution < -0.4 is 0 Å². The SMILES string of the molecule is N#CC=C(Cl)c1ccccc1[N+](=O)[O-]. The molecule has 0 aliphatic carbocycles. The van der Waals surface area contributed by atoms with Crippen LogP contribution in [0, 0.1) is 21.4 Å². The van der Waals surface area contributed by atoms with Crippen LogP contribution in [0.4, 0.5) is 5.69 Å². The van der Waals surface area contributed by atoms with Gasteiger partial charge in [0.15, 0.2) is 0 Å². The third-order valence-corrected chi connectivity index (χ3v) is 1.86. The van der Waals surface area contributed by atoms with Gasteiger partial charge in [0.2, 0.25) is 0 Å². The molecule has 14 heavy (non-hydrogen) atoms. The van der Waals surface area contributed by atoms with Crippen molar-refractivity contribution in [2.24, 2.45) is 0 Å². The van der Waals surface area contributed by atoms with E-state index < -0.39 is 4.92 Å². The van der Waals surface area contributed by atoms with Gasteiger partial charge in [0, 0.05) is 12.1 Å². The fraction of sp³-hybridized carbons (Fsp3) is 0. The van der Waals surface area contributed by atoms with Crippen LogP contribution >= 0.6 is 11.6 Å². The highest BCUT2D eigenvalue weighted by atomic mass is 35.5. The van der Waals surface area contributed by atoms with Gasteiger partial charge in [-0.25, -0.2) is 0 Å². The van der Waals surface area contributed by atoms with Crippen molar-refractivity contribution in [2.75, 3.05) is 0 Å². The molecule has 0 aliphatic heterocycles. The van der Waals surface area contributed by atoms with E-state index in [0.717, 1.165) is 6.08 Å². The van der Waals surface area contributed by atoms with Crippen molar-refractivity contribution in [2.45, 2.75) is 0 Å². The summed E-state index contributed by atoms with van der Waals surface area (Å²) in [6.45, 7) is 0. The molecule has 0 heterocycles. The van der Waals surface area contributed by atoms with Crippen LogP contribution in [-0.4, -0.2) is 4.92 Å². The van der Waals surface area contributed by atoms with Crippen LogP contribution in [0.15, 0.2) is 30.3 Å². The van der Waals surface area contributed by atoms with Gasteiger partial charge in [-0.3, -0.25) is 10.1 Å². The molecule has 0 N–H and O–H groups in total. The molecule has 4 nitrogen and oxygen atoms in total. The smallest absolute Gasteiger partial charge is 0.258 e. The summed E-state index contributed by atoms with van der Waals surface area (Å²) >= 11 is 5.69. The van der Waals surface area contributed by atoms with Crippen LogP contribution in [0.5, 0.6) is 0 Å². The van der Waals surface area contributed by atoms with Crippen molar-refractivity contribution < 1.29 is 4.92 Å². The highest BCUT2D eigenvalue weighted by molar-refractivity contribution is 6.49. The minimum atomic E-state index is -0.539. The second kappa shape index (κ2) is 4.40. The van der Waals surface area contributed by atoms with Crippen molar-refractivity contribution in [1.29, 1.82) is 5.26 Å². The number of allylic oxidation sites excluding steroid dienone is 1. The third kappa shape index (κ3) is 2.09. The molecule has 0 aromatic heterocycles.